The van der Waals surface area contributed by atoms with E-state index in [9.17, 15) is 14.9 Å². The number of para-hydroxylation sites is 1. The maximum Gasteiger partial charge on any atom is 0.254 e. The van der Waals surface area contributed by atoms with Gasteiger partial charge in [0.25, 0.3) is 5.91 Å². The van der Waals surface area contributed by atoms with Crippen LogP contribution in [0.4, 0.5) is 5.69 Å². The second-order valence-corrected chi connectivity index (χ2v) is 7.94. The molecule has 4 N–H and O–H groups in total. The third-order valence-corrected chi connectivity index (χ3v) is 5.88. The summed E-state index contributed by atoms with van der Waals surface area (Å²) < 4.78 is 0. The first-order valence-corrected chi connectivity index (χ1v) is 10.4. The van der Waals surface area contributed by atoms with Crippen molar-refractivity contribution in [3.05, 3.63) is 87.1 Å². The van der Waals surface area contributed by atoms with Crippen molar-refractivity contribution in [2.24, 2.45) is 5.73 Å². The lowest BCUT2D eigenvalue weighted by Gasteiger charge is -2.30. The molecule has 0 spiro atoms. The topological polar surface area (TPSA) is 108 Å². The zero-order chi connectivity index (χ0) is 21.7. The quantitative estimate of drug-likeness (QED) is 0.634. The average molecular weight is 439 g/mol. The van der Waals surface area contributed by atoms with Gasteiger partial charge < -0.3 is 16.4 Å². The minimum absolute atomic E-state index is 0.00157. The Morgan fingerprint density at radius 2 is 1.87 bits per heavy atom. The van der Waals surface area contributed by atoms with E-state index in [1.165, 1.54) is 0 Å². The molecule has 1 aliphatic rings. The second-order valence-electron chi connectivity index (χ2n) is 6.55. The Morgan fingerprint density at radius 1 is 1.20 bits per heavy atom. The largest absolute Gasteiger partial charge is 0.369 e. The average Bonchev–Trinajstić information content (AvgIpc) is 2.72. The lowest BCUT2D eigenvalue weighted by atomic mass is 9.82. The monoisotopic (exact) mass is 438 g/mol. The van der Waals surface area contributed by atoms with Crippen molar-refractivity contribution in [3.8, 4) is 6.07 Å². The molecular weight excluding hydrogens is 420 g/mol. The van der Waals surface area contributed by atoms with Gasteiger partial charge in [0, 0.05) is 22.0 Å². The summed E-state index contributed by atoms with van der Waals surface area (Å²) in [5.74, 6) is -1.54. The predicted molar refractivity (Wildman–Crippen MR) is 119 cm³/mol. The summed E-state index contributed by atoms with van der Waals surface area (Å²) >= 11 is 7.57. The van der Waals surface area contributed by atoms with E-state index in [0.29, 0.717) is 38.1 Å². The van der Waals surface area contributed by atoms with E-state index in [1.54, 1.807) is 43.3 Å². The third kappa shape index (κ3) is 4.67. The molecule has 0 aliphatic carbocycles. The molecule has 2 aromatic rings. The predicted octanol–water partition coefficient (Wildman–Crippen LogP) is 3.89. The lowest BCUT2D eigenvalue weighted by Crippen LogP contribution is -2.31. The Hall–Kier alpha value is -3.21. The number of carbonyl (C=O) groups is 2. The SMILES string of the molecule is CC1=C(C(=O)Nc2ccccc2)C(c2ccccc2Cl)C(C#N)=C(SCC(N)=O)N1. The fraction of sp³-hybridized carbons (Fsp3) is 0.136. The third-order valence-electron chi connectivity index (χ3n) is 4.50. The fourth-order valence-corrected chi connectivity index (χ4v) is 4.29. The zero-order valence-corrected chi connectivity index (χ0v) is 17.7. The van der Waals surface area contributed by atoms with Gasteiger partial charge in [-0.1, -0.05) is 59.8 Å². The first-order valence-electron chi connectivity index (χ1n) is 9.06. The number of nitrogens with one attached hydrogen (secondary N) is 2. The molecule has 2 aromatic carbocycles. The van der Waals surface area contributed by atoms with E-state index in [-0.39, 0.29) is 11.7 Å². The number of hydrogen-bond acceptors (Lipinski definition) is 5. The molecule has 152 valence electrons. The molecule has 1 atom stereocenters. The van der Waals surface area contributed by atoms with Gasteiger partial charge in [0.2, 0.25) is 5.91 Å². The van der Waals surface area contributed by atoms with Gasteiger partial charge in [0.1, 0.15) is 0 Å². The van der Waals surface area contributed by atoms with Crippen molar-refractivity contribution in [1.82, 2.24) is 5.32 Å². The van der Waals surface area contributed by atoms with Crippen LogP contribution in [0.25, 0.3) is 0 Å². The van der Waals surface area contributed by atoms with Crippen LogP contribution in [-0.2, 0) is 9.59 Å². The number of nitrogens with two attached hydrogens (primary N) is 1. The van der Waals surface area contributed by atoms with Crippen molar-refractivity contribution in [3.63, 3.8) is 0 Å². The number of hydrogen-bond donors (Lipinski definition) is 3. The Bertz CT molecular complexity index is 1090. The summed E-state index contributed by atoms with van der Waals surface area (Å²) in [5, 5.41) is 16.8. The minimum atomic E-state index is -0.691. The summed E-state index contributed by atoms with van der Waals surface area (Å²) in [6.45, 7) is 1.75. The number of thioether (sulfide) groups is 1. The number of nitriles is 1. The van der Waals surface area contributed by atoms with Crippen LogP contribution in [0.3, 0.4) is 0 Å². The van der Waals surface area contributed by atoms with E-state index < -0.39 is 11.8 Å². The van der Waals surface area contributed by atoms with Crippen LogP contribution < -0.4 is 16.4 Å². The molecule has 6 nitrogen and oxygen atoms in total. The normalized spacial score (nSPS) is 16.0. The fourth-order valence-electron chi connectivity index (χ4n) is 3.21. The van der Waals surface area contributed by atoms with Crippen LogP contribution in [0.15, 0.2) is 76.5 Å². The number of benzene rings is 2. The maximum atomic E-state index is 13.2. The summed E-state index contributed by atoms with van der Waals surface area (Å²) in [6.07, 6.45) is 0. The van der Waals surface area contributed by atoms with E-state index in [1.807, 2.05) is 18.2 Å². The van der Waals surface area contributed by atoms with Gasteiger partial charge in [-0.15, -0.1) is 0 Å². The van der Waals surface area contributed by atoms with Gasteiger partial charge in [0.15, 0.2) is 0 Å². The molecule has 2 amide bonds. The maximum absolute atomic E-state index is 13.2. The van der Waals surface area contributed by atoms with Crippen molar-refractivity contribution >= 4 is 40.9 Å². The van der Waals surface area contributed by atoms with Crippen LogP contribution in [0.2, 0.25) is 5.02 Å². The molecule has 0 fully saturated rings. The van der Waals surface area contributed by atoms with Gasteiger partial charge in [0.05, 0.1) is 28.3 Å². The van der Waals surface area contributed by atoms with Crippen molar-refractivity contribution in [2.45, 2.75) is 12.8 Å². The van der Waals surface area contributed by atoms with E-state index in [0.717, 1.165) is 11.8 Å². The zero-order valence-electron chi connectivity index (χ0n) is 16.1. The van der Waals surface area contributed by atoms with Crippen LogP contribution in [0, 0.1) is 11.3 Å². The highest BCUT2D eigenvalue weighted by molar-refractivity contribution is 8.03. The number of nitrogens with zero attached hydrogens (tertiary/aromatic N) is 1. The number of carbonyl (C=O) groups excluding carboxylic acids is 2. The highest BCUT2D eigenvalue weighted by atomic mass is 35.5. The van der Waals surface area contributed by atoms with Crippen molar-refractivity contribution in [1.29, 1.82) is 5.26 Å². The summed E-state index contributed by atoms with van der Waals surface area (Å²) in [4.78, 5) is 24.5. The van der Waals surface area contributed by atoms with E-state index in [4.69, 9.17) is 17.3 Å². The number of allylic oxidation sites excluding steroid dienone is 2. The van der Waals surface area contributed by atoms with Crippen LogP contribution in [-0.4, -0.2) is 17.6 Å². The highest BCUT2D eigenvalue weighted by Crippen LogP contribution is 2.43. The number of halogens is 1. The Kier molecular flexibility index (Phi) is 6.83. The molecule has 0 saturated carbocycles. The summed E-state index contributed by atoms with van der Waals surface area (Å²) in [5.41, 5.74) is 7.79. The summed E-state index contributed by atoms with van der Waals surface area (Å²) in [7, 11) is 0. The molecule has 1 aliphatic heterocycles. The van der Waals surface area contributed by atoms with Crippen LogP contribution >= 0.6 is 23.4 Å². The molecule has 0 saturated heterocycles. The summed E-state index contributed by atoms with van der Waals surface area (Å²) in [6, 6.07) is 18.3. The number of anilines is 1. The number of primary amides is 1. The number of amides is 2. The number of rotatable bonds is 6. The first kappa shape index (κ1) is 21.5. The van der Waals surface area contributed by atoms with Crippen molar-refractivity contribution in [2.75, 3.05) is 11.1 Å². The van der Waals surface area contributed by atoms with Crippen LogP contribution in [0.5, 0.6) is 0 Å². The van der Waals surface area contributed by atoms with Gasteiger partial charge in [-0.05, 0) is 30.7 Å². The molecule has 8 heteroatoms. The molecule has 0 radical (unpaired) electrons. The standard InChI is InChI=1S/C22H19ClN4O2S/c1-13-19(21(29)27-14-7-3-2-4-8-14)20(15-9-5-6-10-17(15)23)16(11-24)22(26-13)30-12-18(25)28/h2-10,20,26H,12H2,1H3,(H2,25,28)(H,27,29). The van der Waals surface area contributed by atoms with E-state index >= 15 is 0 Å². The molecule has 3 rings (SSSR count). The molecule has 1 unspecified atom stereocenters. The molecule has 0 aromatic heterocycles. The highest BCUT2D eigenvalue weighted by Gasteiger charge is 2.35. The van der Waals surface area contributed by atoms with Gasteiger partial charge in [-0.3, -0.25) is 9.59 Å². The molecule has 30 heavy (non-hydrogen) atoms. The molecule has 0 bridgehead atoms. The molecule has 1 heterocycles. The first-order chi connectivity index (χ1) is 14.4. The number of dihydropyridines is 1. The Balaban J connectivity index is 2.09. The Morgan fingerprint density at radius 3 is 2.50 bits per heavy atom. The van der Waals surface area contributed by atoms with Gasteiger partial charge in [-0.25, -0.2) is 0 Å². The minimum Gasteiger partial charge on any atom is -0.369 e. The van der Waals surface area contributed by atoms with E-state index in [2.05, 4.69) is 16.7 Å². The Labute approximate surface area is 183 Å². The van der Waals surface area contributed by atoms with Gasteiger partial charge >= 0.3 is 0 Å². The van der Waals surface area contributed by atoms with Crippen molar-refractivity contribution < 1.29 is 9.59 Å². The lowest BCUT2D eigenvalue weighted by molar-refractivity contribution is -0.115. The molecular formula is C22H19ClN4O2S. The van der Waals surface area contributed by atoms with Gasteiger partial charge in [-0.2, -0.15) is 5.26 Å². The van der Waals surface area contributed by atoms with Crippen LogP contribution in [0.1, 0.15) is 18.4 Å². The second kappa shape index (κ2) is 9.53. The smallest absolute Gasteiger partial charge is 0.254 e.